The van der Waals surface area contributed by atoms with Gasteiger partial charge in [0.2, 0.25) is 11.8 Å². The number of anilines is 1. The van der Waals surface area contributed by atoms with Gasteiger partial charge in [-0.05, 0) is 24.1 Å². The van der Waals surface area contributed by atoms with Crippen LogP contribution >= 0.6 is 11.6 Å². The first-order chi connectivity index (χ1) is 11.5. The molecule has 0 saturated carbocycles. The van der Waals surface area contributed by atoms with Crippen LogP contribution < -0.4 is 15.4 Å². The Kier molecular flexibility index (Phi) is 6.21. The quantitative estimate of drug-likeness (QED) is 0.788. The molecule has 0 aliphatic carbocycles. The Morgan fingerprint density at radius 3 is 2.50 bits per heavy atom. The van der Waals surface area contributed by atoms with Crippen LogP contribution in [0.2, 0.25) is 5.02 Å². The van der Waals surface area contributed by atoms with Gasteiger partial charge < -0.3 is 15.4 Å². The van der Waals surface area contributed by atoms with Crippen molar-refractivity contribution in [3.8, 4) is 5.75 Å². The molecule has 5 nitrogen and oxygen atoms in total. The number of methoxy groups -OCH3 is 1. The molecular weight excluding hydrogens is 328 g/mol. The van der Waals surface area contributed by atoms with Crippen LogP contribution in [0.15, 0.2) is 42.5 Å². The third-order valence-electron chi connectivity index (χ3n) is 3.41. The number of carbonyl (C=O) groups is 2. The fourth-order valence-corrected chi connectivity index (χ4v) is 2.28. The molecule has 0 unspecified atom stereocenters. The lowest BCUT2D eigenvalue weighted by Gasteiger charge is -2.12. The minimum atomic E-state index is -0.416. The number of hydrogen-bond donors (Lipinski definition) is 2. The van der Waals surface area contributed by atoms with E-state index in [2.05, 4.69) is 10.6 Å². The average Bonchev–Trinajstić information content (AvgIpc) is 2.57. The summed E-state index contributed by atoms with van der Waals surface area (Å²) in [4.78, 5) is 23.9. The Morgan fingerprint density at radius 1 is 1.12 bits per heavy atom. The van der Waals surface area contributed by atoms with Crippen LogP contribution in [0.5, 0.6) is 5.75 Å². The average molecular weight is 347 g/mol. The van der Waals surface area contributed by atoms with Gasteiger partial charge in [0.25, 0.3) is 0 Å². The molecule has 0 atom stereocenters. The van der Waals surface area contributed by atoms with Gasteiger partial charge in [-0.25, -0.2) is 0 Å². The molecule has 0 aliphatic heterocycles. The Labute approximate surface area is 146 Å². The zero-order valence-electron chi connectivity index (χ0n) is 13.6. The zero-order valence-corrected chi connectivity index (χ0v) is 14.3. The van der Waals surface area contributed by atoms with E-state index >= 15 is 0 Å². The first-order valence-corrected chi connectivity index (χ1v) is 7.82. The maximum atomic E-state index is 12.0. The van der Waals surface area contributed by atoms with Crippen LogP contribution in [0.4, 0.5) is 5.69 Å². The largest absolute Gasteiger partial charge is 0.495 e. The lowest BCUT2D eigenvalue weighted by atomic mass is 10.2. The molecule has 2 aromatic rings. The molecule has 2 amide bonds. The molecule has 0 saturated heterocycles. The minimum Gasteiger partial charge on any atom is -0.495 e. The molecule has 0 aromatic heterocycles. The third-order valence-corrected chi connectivity index (χ3v) is 3.82. The van der Waals surface area contributed by atoms with Gasteiger partial charge in [0, 0.05) is 17.6 Å². The number of rotatable bonds is 6. The topological polar surface area (TPSA) is 67.4 Å². The lowest BCUT2D eigenvalue weighted by molar-refractivity contribution is -0.126. The van der Waals surface area contributed by atoms with Crippen molar-refractivity contribution >= 4 is 29.1 Å². The van der Waals surface area contributed by atoms with Gasteiger partial charge in [0.05, 0.1) is 12.8 Å². The summed E-state index contributed by atoms with van der Waals surface area (Å²) >= 11 is 6.03. The van der Waals surface area contributed by atoms with Gasteiger partial charge in [0.15, 0.2) is 0 Å². The van der Waals surface area contributed by atoms with E-state index in [0.29, 0.717) is 23.0 Å². The van der Waals surface area contributed by atoms with Gasteiger partial charge in [-0.15, -0.1) is 0 Å². The number of halogens is 1. The summed E-state index contributed by atoms with van der Waals surface area (Å²) in [5.41, 5.74) is 2.27. The predicted octanol–water partition coefficient (Wildman–Crippen LogP) is 3.30. The van der Waals surface area contributed by atoms with Crippen LogP contribution in [-0.4, -0.2) is 18.9 Å². The van der Waals surface area contributed by atoms with Crippen molar-refractivity contribution in [2.24, 2.45) is 0 Å². The van der Waals surface area contributed by atoms with Crippen molar-refractivity contribution in [3.05, 3.63) is 58.6 Å². The van der Waals surface area contributed by atoms with Gasteiger partial charge in [-0.2, -0.15) is 0 Å². The van der Waals surface area contributed by atoms with Gasteiger partial charge in [0.1, 0.15) is 12.2 Å². The molecule has 126 valence electrons. The van der Waals surface area contributed by atoms with Crippen LogP contribution in [0, 0.1) is 6.92 Å². The van der Waals surface area contributed by atoms with E-state index in [-0.39, 0.29) is 12.3 Å². The molecule has 0 fully saturated rings. The Balaban J connectivity index is 1.91. The predicted molar refractivity (Wildman–Crippen MR) is 94.3 cm³/mol. The van der Waals surface area contributed by atoms with Gasteiger partial charge >= 0.3 is 0 Å². The van der Waals surface area contributed by atoms with Gasteiger partial charge in [-0.3, -0.25) is 9.59 Å². The van der Waals surface area contributed by atoms with Crippen molar-refractivity contribution < 1.29 is 14.3 Å². The lowest BCUT2D eigenvalue weighted by Crippen LogP contribution is -2.27. The van der Waals surface area contributed by atoms with E-state index in [4.69, 9.17) is 16.3 Å². The Bertz CT molecular complexity index is 733. The molecule has 2 N–H and O–H groups in total. The summed E-state index contributed by atoms with van der Waals surface area (Å²) in [6.07, 6.45) is -0.266. The first-order valence-electron chi connectivity index (χ1n) is 7.44. The molecule has 2 rings (SSSR count). The Hall–Kier alpha value is -2.53. The summed E-state index contributed by atoms with van der Waals surface area (Å²) < 4.78 is 5.19. The molecule has 2 aromatic carbocycles. The Morgan fingerprint density at radius 2 is 1.83 bits per heavy atom. The SMILES string of the molecule is COc1cc(Cl)c(C)cc1NC(=O)CC(=O)NCc1ccccc1. The second kappa shape index (κ2) is 8.36. The first kappa shape index (κ1) is 17.8. The molecule has 0 spiro atoms. The van der Waals surface area contributed by atoms with E-state index in [1.54, 1.807) is 12.1 Å². The number of hydrogen-bond acceptors (Lipinski definition) is 3. The molecule has 24 heavy (non-hydrogen) atoms. The maximum Gasteiger partial charge on any atom is 0.233 e. The molecule has 6 heteroatoms. The van der Waals surface area contributed by atoms with E-state index in [1.807, 2.05) is 37.3 Å². The maximum absolute atomic E-state index is 12.0. The summed E-state index contributed by atoms with van der Waals surface area (Å²) in [5, 5.41) is 5.93. The third kappa shape index (κ3) is 4.99. The molecule has 0 heterocycles. The van der Waals surface area contributed by atoms with Crippen LogP contribution in [-0.2, 0) is 16.1 Å². The van der Waals surface area contributed by atoms with Gasteiger partial charge in [-0.1, -0.05) is 41.9 Å². The normalized spacial score (nSPS) is 10.1. The highest BCUT2D eigenvalue weighted by Crippen LogP contribution is 2.30. The number of nitrogens with one attached hydrogen (secondary N) is 2. The monoisotopic (exact) mass is 346 g/mol. The zero-order chi connectivity index (χ0) is 17.5. The minimum absolute atomic E-state index is 0.266. The highest BCUT2D eigenvalue weighted by atomic mass is 35.5. The van der Waals surface area contributed by atoms with Crippen molar-refractivity contribution in [1.82, 2.24) is 5.32 Å². The molecule has 0 bridgehead atoms. The second-order valence-corrected chi connectivity index (χ2v) is 5.70. The summed E-state index contributed by atoms with van der Waals surface area (Å²) in [6, 6.07) is 12.8. The summed E-state index contributed by atoms with van der Waals surface area (Å²) in [5.74, 6) is -0.315. The van der Waals surface area contributed by atoms with Crippen LogP contribution in [0.1, 0.15) is 17.5 Å². The number of carbonyl (C=O) groups excluding carboxylic acids is 2. The number of benzene rings is 2. The second-order valence-electron chi connectivity index (χ2n) is 5.29. The number of ether oxygens (including phenoxy) is 1. The molecule has 0 radical (unpaired) electrons. The standard InChI is InChI=1S/C18H19ClN2O3/c1-12-8-15(16(24-2)9-14(12)19)21-18(23)10-17(22)20-11-13-6-4-3-5-7-13/h3-9H,10-11H2,1-2H3,(H,20,22)(H,21,23). The highest BCUT2D eigenvalue weighted by Gasteiger charge is 2.13. The van der Waals surface area contributed by atoms with Crippen LogP contribution in [0.25, 0.3) is 0 Å². The van der Waals surface area contributed by atoms with Crippen molar-refractivity contribution in [2.75, 3.05) is 12.4 Å². The molecular formula is C18H19ClN2O3. The fourth-order valence-electron chi connectivity index (χ4n) is 2.13. The van der Waals surface area contributed by atoms with E-state index < -0.39 is 5.91 Å². The summed E-state index contributed by atoms with van der Waals surface area (Å²) in [7, 11) is 1.49. The van der Waals surface area contributed by atoms with E-state index in [9.17, 15) is 9.59 Å². The van der Waals surface area contributed by atoms with Crippen molar-refractivity contribution in [1.29, 1.82) is 0 Å². The highest BCUT2D eigenvalue weighted by molar-refractivity contribution is 6.31. The van der Waals surface area contributed by atoms with E-state index in [1.165, 1.54) is 7.11 Å². The summed E-state index contributed by atoms with van der Waals surface area (Å²) in [6.45, 7) is 2.21. The fraction of sp³-hybridized carbons (Fsp3) is 0.222. The smallest absolute Gasteiger partial charge is 0.233 e. The van der Waals surface area contributed by atoms with Crippen molar-refractivity contribution in [3.63, 3.8) is 0 Å². The number of amides is 2. The number of aryl methyl sites for hydroxylation is 1. The van der Waals surface area contributed by atoms with Crippen molar-refractivity contribution in [2.45, 2.75) is 19.9 Å². The van der Waals surface area contributed by atoms with E-state index in [0.717, 1.165) is 11.1 Å². The van der Waals surface area contributed by atoms with Crippen LogP contribution in [0.3, 0.4) is 0 Å². The molecule has 0 aliphatic rings.